The maximum Gasteiger partial charge on any atom is 0.254 e. The van der Waals surface area contributed by atoms with E-state index in [0.29, 0.717) is 17.9 Å². The molecular weight excluding hydrogens is 343 g/mol. The number of nitrogens with zero attached hydrogens (tertiary/aromatic N) is 4. The first-order valence-electron chi connectivity index (χ1n) is 9.77. The normalized spacial score (nSPS) is 27.6. The lowest BCUT2D eigenvalue weighted by Crippen LogP contribution is -2.46. The van der Waals surface area contributed by atoms with Crippen LogP contribution >= 0.6 is 0 Å². The molecule has 1 aromatic carbocycles. The second kappa shape index (κ2) is 6.29. The predicted molar refractivity (Wildman–Crippen MR) is 101 cm³/mol. The molecular formula is C21H23FN4O. The smallest absolute Gasteiger partial charge is 0.254 e. The number of fused-ring (bicyclic) bond motifs is 3. The average molecular weight is 366 g/mol. The number of carbonyl (C=O) groups excluding carboxylic acids is 1. The predicted octanol–water partition coefficient (Wildman–Crippen LogP) is 3.93. The van der Waals surface area contributed by atoms with Gasteiger partial charge in [-0.3, -0.25) is 4.79 Å². The number of aromatic nitrogens is 3. The zero-order valence-electron chi connectivity index (χ0n) is 15.4. The molecule has 2 aliphatic heterocycles. The van der Waals surface area contributed by atoms with Crippen molar-refractivity contribution in [2.45, 2.75) is 50.6 Å². The third-order valence-electron chi connectivity index (χ3n) is 6.48. The zero-order valence-corrected chi connectivity index (χ0v) is 15.4. The lowest BCUT2D eigenvalue weighted by molar-refractivity contribution is 0.0546. The van der Waals surface area contributed by atoms with Crippen molar-refractivity contribution in [1.29, 1.82) is 0 Å². The lowest BCUT2D eigenvalue weighted by atomic mass is 9.81. The van der Waals surface area contributed by atoms with Crippen molar-refractivity contribution in [2.24, 2.45) is 13.0 Å². The number of piperidine rings is 1. The molecule has 0 N–H and O–H groups in total. The van der Waals surface area contributed by atoms with Gasteiger partial charge in [0.15, 0.2) is 0 Å². The molecule has 0 unspecified atom stereocenters. The lowest BCUT2D eigenvalue weighted by Gasteiger charge is -2.40. The van der Waals surface area contributed by atoms with Gasteiger partial charge in [0.25, 0.3) is 5.91 Å². The minimum absolute atomic E-state index is 0.0197. The van der Waals surface area contributed by atoms with Crippen LogP contribution in [-0.2, 0) is 7.05 Å². The van der Waals surface area contributed by atoms with Gasteiger partial charge in [-0.1, -0.05) is 16.9 Å². The highest BCUT2D eigenvalue weighted by Crippen LogP contribution is 2.43. The first kappa shape index (κ1) is 16.7. The van der Waals surface area contributed by atoms with E-state index in [2.05, 4.69) is 15.2 Å². The van der Waals surface area contributed by atoms with Crippen LogP contribution in [0.1, 0.15) is 48.9 Å². The summed E-state index contributed by atoms with van der Waals surface area (Å²) in [6, 6.07) is 6.24. The van der Waals surface area contributed by atoms with Gasteiger partial charge >= 0.3 is 0 Å². The number of hydrogen-bond donors (Lipinski definition) is 0. The molecule has 6 heteroatoms. The third-order valence-corrected chi connectivity index (χ3v) is 6.48. The van der Waals surface area contributed by atoms with Crippen LogP contribution in [-0.4, -0.2) is 37.9 Å². The standard InChI is InChI=1S/C21H23FN4O/c1-25-20-9-4-14(12-19(20)23-24-25)21(27)26-17-7-8-18(26)11-15(10-17)13-2-5-16(22)6-3-13/h2,4-5,9,12,15,17-18H,3,6-8,10-11H2,1H3/t15-,17+,18-. The Morgan fingerprint density at radius 1 is 1.15 bits per heavy atom. The van der Waals surface area contributed by atoms with Crippen molar-refractivity contribution in [3.8, 4) is 0 Å². The zero-order chi connectivity index (χ0) is 18.5. The molecule has 3 heterocycles. The highest BCUT2D eigenvalue weighted by atomic mass is 19.1. The van der Waals surface area contributed by atoms with Crippen LogP contribution in [0.15, 0.2) is 41.8 Å². The van der Waals surface area contributed by atoms with Crippen molar-refractivity contribution in [2.75, 3.05) is 0 Å². The summed E-state index contributed by atoms with van der Waals surface area (Å²) in [5, 5.41) is 8.16. The van der Waals surface area contributed by atoms with Crippen LogP contribution in [0, 0.1) is 5.92 Å². The Balaban J connectivity index is 1.37. The van der Waals surface area contributed by atoms with Crippen molar-refractivity contribution in [1.82, 2.24) is 19.9 Å². The topological polar surface area (TPSA) is 51.0 Å². The summed E-state index contributed by atoms with van der Waals surface area (Å²) in [6.07, 6.45) is 9.07. The van der Waals surface area contributed by atoms with Crippen LogP contribution in [0.3, 0.4) is 0 Å². The highest BCUT2D eigenvalue weighted by Gasteiger charge is 2.44. The minimum Gasteiger partial charge on any atom is -0.333 e. The molecule has 27 heavy (non-hydrogen) atoms. The van der Waals surface area contributed by atoms with E-state index in [4.69, 9.17) is 0 Å². The van der Waals surface area contributed by atoms with Crippen LogP contribution in [0.2, 0.25) is 0 Å². The summed E-state index contributed by atoms with van der Waals surface area (Å²) in [5.74, 6) is 0.573. The van der Waals surface area contributed by atoms with Gasteiger partial charge in [0.2, 0.25) is 0 Å². The molecule has 140 valence electrons. The van der Waals surface area contributed by atoms with Gasteiger partial charge in [-0.2, -0.15) is 0 Å². The quantitative estimate of drug-likeness (QED) is 0.809. The molecule has 3 aliphatic rings. The molecule has 3 atom stereocenters. The van der Waals surface area contributed by atoms with Crippen LogP contribution in [0.4, 0.5) is 4.39 Å². The fourth-order valence-electron chi connectivity index (χ4n) is 5.10. The maximum atomic E-state index is 13.3. The number of halogens is 1. The second-order valence-corrected chi connectivity index (χ2v) is 8.04. The largest absolute Gasteiger partial charge is 0.333 e. The average Bonchev–Trinajstić information content (AvgIpc) is 3.18. The van der Waals surface area contributed by atoms with Gasteiger partial charge in [-0.25, -0.2) is 9.07 Å². The fourth-order valence-corrected chi connectivity index (χ4v) is 5.10. The molecule has 2 fully saturated rings. The van der Waals surface area contributed by atoms with Gasteiger partial charge in [-0.05, 0) is 62.3 Å². The van der Waals surface area contributed by atoms with E-state index in [1.165, 1.54) is 5.57 Å². The minimum atomic E-state index is -0.0197. The summed E-state index contributed by atoms with van der Waals surface area (Å²) in [5.41, 5.74) is 3.74. The Morgan fingerprint density at radius 3 is 2.63 bits per heavy atom. The van der Waals surface area contributed by atoms with Crippen molar-refractivity contribution < 1.29 is 9.18 Å². The van der Waals surface area contributed by atoms with E-state index < -0.39 is 0 Å². The fraction of sp³-hybridized carbons (Fsp3) is 0.476. The second-order valence-electron chi connectivity index (χ2n) is 8.04. The summed E-state index contributed by atoms with van der Waals surface area (Å²) in [4.78, 5) is 15.3. The third kappa shape index (κ3) is 2.78. The van der Waals surface area contributed by atoms with E-state index in [-0.39, 0.29) is 23.8 Å². The Bertz CT molecular complexity index is 962. The first-order valence-corrected chi connectivity index (χ1v) is 9.77. The summed E-state index contributed by atoms with van der Waals surface area (Å²) >= 11 is 0. The summed E-state index contributed by atoms with van der Waals surface area (Å²) in [6.45, 7) is 0. The van der Waals surface area contributed by atoms with E-state index in [0.717, 1.165) is 43.1 Å². The first-order chi connectivity index (χ1) is 13.1. The van der Waals surface area contributed by atoms with Crippen molar-refractivity contribution in [3.63, 3.8) is 0 Å². The Morgan fingerprint density at radius 2 is 1.93 bits per heavy atom. The molecule has 2 saturated heterocycles. The SMILES string of the molecule is Cn1nnc2cc(C(=O)N3[C@@H]4CC[C@H]3C[C@@H](C3=CC=C(F)CC3)C4)ccc21. The van der Waals surface area contributed by atoms with Gasteiger partial charge in [-0.15, -0.1) is 5.10 Å². The number of carbonyl (C=O) groups is 1. The Kier molecular flexibility index (Phi) is 3.88. The van der Waals surface area contributed by atoms with Crippen LogP contribution in [0.5, 0.6) is 0 Å². The molecule has 0 spiro atoms. The molecule has 1 aromatic heterocycles. The molecule has 0 saturated carbocycles. The van der Waals surface area contributed by atoms with Crippen LogP contribution in [0.25, 0.3) is 11.0 Å². The molecule has 2 aromatic rings. The molecule has 1 aliphatic carbocycles. The number of benzene rings is 1. The highest BCUT2D eigenvalue weighted by molar-refractivity contribution is 5.97. The molecule has 5 rings (SSSR count). The molecule has 5 nitrogen and oxygen atoms in total. The number of amides is 1. The van der Waals surface area contributed by atoms with Gasteiger partial charge in [0.05, 0.1) is 5.52 Å². The van der Waals surface area contributed by atoms with Gasteiger partial charge < -0.3 is 4.90 Å². The maximum absolute atomic E-state index is 13.3. The number of allylic oxidation sites excluding steroid dienone is 4. The van der Waals surface area contributed by atoms with E-state index in [9.17, 15) is 9.18 Å². The Labute approximate surface area is 157 Å². The van der Waals surface area contributed by atoms with E-state index >= 15 is 0 Å². The molecule has 2 bridgehead atoms. The number of rotatable bonds is 2. The van der Waals surface area contributed by atoms with Crippen LogP contribution < -0.4 is 0 Å². The monoisotopic (exact) mass is 366 g/mol. The molecule has 1 amide bonds. The summed E-state index contributed by atoms with van der Waals surface area (Å²) in [7, 11) is 1.85. The van der Waals surface area contributed by atoms with Crippen molar-refractivity contribution in [3.05, 3.63) is 47.3 Å². The van der Waals surface area contributed by atoms with Gasteiger partial charge in [0.1, 0.15) is 11.3 Å². The Hall–Kier alpha value is -2.50. The summed E-state index contributed by atoms with van der Waals surface area (Å²) < 4.78 is 15.0. The van der Waals surface area contributed by atoms with E-state index in [1.54, 1.807) is 10.8 Å². The van der Waals surface area contributed by atoms with Gasteiger partial charge in [0, 0.05) is 31.1 Å². The molecule has 0 radical (unpaired) electrons. The van der Waals surface area contributed by atoms with Crippen molar-refractivity contribution >= 4 is 16.9 Å². The number of hydrogen-bond acceptors (Lipinski definition) is 3. The van der Waals surface area contributed by atoms with E-state index in [1.807, 2.05) is 31.3 Å². The number of aryl methyl sites for hydroxylation is 1.